The molecule has 0 bridgehead atoms. The topological polar surface area (TPSA) is 27.7 Å². The highest BCUT2D eigenvalue weighted by Crippen LogP contribution is 2.16. The Balaban J connectivity index is 0.00000144. The van der Waals surface area contributed by atoms with Gasteiger partial charge < -0.3 is 14.5 Å². The molecule has 0 radical (unpaired) electrons. The van der Waals surface area contributed by atoms with Crippen molar-refractivity contribution in [3.05, 3.63) is 0 Å². The van der Waals surface area contributed by atoms with E-state index in [1.54, 1.807) is 0 Å². The number of nitrogens with one attached hydrogen (secondary N) is 1. The van der Waals surface area contributed by atoms with Crippen molar-refractivity contribution in [3.8, 4) is 0 Å². The fraction of sp³-hybridized carbons (Fsp3) is 1.00. The summed E-state index contributed by atoms with van der Waals surface area (Å²) in [6.45, 7) is 11.2. The van der Waals surface area contributed by atoms with E-state index in [0.29, 0.717) is 0 Å². The first-order valence-corrected chi connectivity index (χ1v) is 6.35. The number of ether oxygens (including phenoxy) is 1. The summed E-state index contributed by atoms with van der Waals surface area (Å²) in [5.41, 5.74) is 0.160. The Hall–Kier alpha value is 0.130. The molecule has 2 rings (SSSR count). The zero-order valence-electron chi connectivity index (χ0n) is 11.2. The zero-order chi connectivity index (χ0) is 11.6. The largest absolute Gasteiger partial charge is 0.361 e. The normalized spacial score (nSPS) is 30.2. The Morgan fingerprint density at radius 1 is 1.24 bits per heavy atom. The number of nitrogens with zero attached hydrogens (tertiary/aromatic N) is 2. The lowest BCUT2D eigenvalue weighted by molar-refractivity contribution is 0.0720. The molecule has 102 valence electrons. The summed E-state index contributed by atoms with van der Waals surface area (Å²) in [5, 5.41) is 3.52. The Bertz CT molecular complexity index is 230. The maximum atomic E-state index is 5.73. The van der Waals surface area contributed by atoms with E-state index in [4.69, 9.17) is 4.74 Å². The minimum atomic E-state index is 0. The van der Waals surface area contributed by atoms with Gasteiger partial charge in [0.15, 0.2) is 0 Å². The van der Waals surface area contributed by atoms with Gasteiger partial charge in [-0.3, -0.25) is 5.32 Å². The van der Waals surface area contributed by atoms with Crippen LogP contribution in [0.3, 0.4) is 0 Å². The van der Waals surface area contributed by atoms with Gasteiger partial charge in [0.2, 0.25) is 0 Å². The summed E-state index contributed by atoms with van der Waals surface area (Å²) in [6.07, 6.45) is 1.36. The smallest absolute Gasteiger partial charge is 0.109 e. The molecule has 1 N–H and O–H groups in total. The van der Waals surface area contributed by atoms with Gasteiger partial charge in [0.05, 0.1) is 6.61 Å². The van der Waals surface area contributed by atoms with Crippen LogP contribution in [0.1, 0.15) is 20.3 Å². The van der Waals surface area contributed by atoms with Gasteiger partial charge in [-0.15, -0.1) is 12.4 Å². The van der Waals surface area contributed by atoms with Crippen molar-refractivity contribution in [2.75, 3.05) is 46.4 Å². The SMILES string of the molecule is CN1CCN(CCC2NC(C)(C)CO2)CC1.Cl. The molecule has 1 unspecified atom stereocenters. The van der Waals surface area contributed by atoms with Crippen molar-refractivity contribution in [2.24, 2.45) is 0 Å². The number of halogens is 1. The molecule has 2 fully saturated rings. The van der Waals surface area contributed by atoms with Crippen LogP contribution in [0.4, 0.5) is 0 Å². The van der Waals surface area contributed by atoms with Crippen molar-refractivity contribution in [3.63, 3.8) is 0 Å². The fourth-order valence-electron chi connectivity index (χ4n) is 2.35. The second-order valence-electron chi connectivity index (χ2n) is 5.76. The molecule has 2 aliphatic rings. The van der Waals surface area contributed by atoms with Crippen molar-refractivity contribution >= 4 is 12.4 Å². The van der Waals surface area contributed by atoms with Crippen LogP contribution in [0.5, 0.6) is 0 Å². The minimum absolute atomic E-state index is 0. The van der Waals surface area contributed by atoms with E-state index in [1.165, 1.54) is 26.2 Å². The van der Waals surface area contributed by atoms with E-state index in [9.17, 15) is 0 Å². The Morgan fingerprint density at radius 3 is 2.41 bits per heavy atom. The summed E-state index contributed by atoms with van der Waals surface area (Å²) >= 11 is 0. The lowest BCUT2D eigenvalue weighted by Gasteiger charge is -2.32. The van der Waals surface area contributed by atoms with E-state index >= 15 is 0 Å². The van der Waals surface area contributed by atoms with E-state index in [-0.39, 0.29) is 24.2 Å². The quantitative estimate of drug-likeness (QED) is 0.814. The Kier molecular flexibility index (Phi) is 5.67. The first kappa shape index (κ1) is 15.2. The van der Waals surface area contributed by atoms with Crippen LogP contribution in [0.15, 0.2) is 0 Å². The van der Waals surface area contributed by atoms with Gasteiger partial charge in [-0.05, 0) is 27.3 Å². The summed E-state index contributed by atoms with van der Waals surface area (Å²) in [4.78, 5) is 4.93. The fourth-order valence-corrected chi connectivity index (χ4v) is 2.35. The molecule has 0 spiro atoms. The third-order valence-electron chi connectivity index (χ3n) is 3.50. The highest BCUT2D eigenvalue weighted by Gasteiger charge is 2.30. The predicted octanol–water partition coefficient (Wildman–Crippen LogP) is 0.770. The van der Waals surface area contributed by atoms with E-state index in [2.05, 4.69) is 36.0 Å². The molecular weight excluding hydrogens is 238 g/mol. The van der Waals surface area contributed by atoms with Crippen molar-refractivity contribution in [1.29, 1.82) is 0 Å². The molecule has 0 aliphatic carbocycles. The zero-order valence-corrected chi connectivity index (χ0v) is 12.1. The number of hydrogen-bond acceptors (Lipinski definition) is 4. The lowest BCUT2D eigenvalue weighted by atomic mass is 10.1. The van der Waals surface area contributed by atoms with Crippen molar-refractivity contribution in [1.82, 2.24) is 15.1 Å². The molecule has 1 atom stereocenters. The summed E-state index contributed by atoms with van der Waals surface area (Å²) in [7, 11) is 2.20. The van der Waals surface area contributed by atoms with Crippen LogP contribution in [-0.4, -0.2) is 67.9 Å². The lowest BCUT2D eigenvalue weighted by Crippen LogP contribution is -2.46. The van der Waals surface area contributed by atoms with Gasteiger partial charge >= 0.3 is 0 Å². The van der Waals surface area contributed by atoms with Crippen LogP contribution in [0, 0.1) is 0 Å². The first-order valence-electron chi connectivity index (χ1n) is 6.35. The third-order valence-corrected chi connectivity index (χ3v) is 3.50. The molecule has 2 saturated heterocycles. The molecular formula is C12H26ClN3O. The maximum Gasteiger partial charge on any atom is 0.109 e. The van der Waals surface area contributed by atoms with Crippen LogP contribution in [-0.2, 0) is 4.74 Å². The van der Waals surface area contributed by atoms with E-state index < -0.39 is 0 Å². The molecule has 2 heterocycles. The van der Waals surface area contributed by atoms with Gasteiger partial charge in [0.1, 0.15) is 6.23 Å². The molecule has 0 aromatic carbocycles. The van der Waals surface area contributed by atoms with Crippen molar-refractivity contribution < 1.29 is 4.74 Å². The predicted molar refractivity (Wildman–Crippen MR) is 72.8 cm³/mol. The second kappa shape index (κ2) is 6.34. The number of hydrogen-bond donors (Lipinski definition) is 1. The maximum absolute atomic E-state index is 5.73. The monoisotopic (exact) mass is 263 g/mol. The van der Waals surface area contributed by atoms with Crippen LogP contribution in [0.2, 0.25) is 0 Å². The number of rotatable bonds is 3. The van der Waals surface area contributed by atoms with Crippen LogP contribution < -0.4 is 5.32 Å². The van der Waals surface area contributed by atoms with E-state index in [0.717, 1.165) is 19.6 Å². The van der Waals surface area contributed by atoms with Gasteiger partial charge in [-0.1, -0.05) is 0 Å². The Labute approximate surface area is 111 Å². The molecule has 0 aromatic heterocycles. The molecule has 5 heteroatoms. The summed E-state index contributed by atoms with van der Waals surface area (Å²) in [5.74, 6) is 0. The highest BCUT2D eigenvalue weighted by molar-refractivity contribution is 5.85. The average molecular weight is 264 g/mol. The van der Waals surface area contributed by atoms with Gasteiger partial charge in [0.25, 0.3) is 0 Å². The van der Waals surface area contributed by atoms with Gasteiger partial charge in [-0.25, -0.2) is 0 Å². The molecule has 4 nitrogen and oxygen atoms in total. The number of piperazine rings is 1. The minimum Gasteiger partial charge on any atom is -0.361 e. The van der Waals surface area contributed by atoms with Crippen LogP contribution in [0.25, 0.3) is 0 Å². The van der Waals surface area contributed by atoms with E-state index in [1.807, 2.05) is 0 Å². The second-order valence-corrected chi connectivity index (χ2v) is 5.76. The highest BCUT2D eigenvalue weighted by atomic mass is 35.5. The molecule has 0 saturated carbocycles. The Morgan fingerprint density at radius 2 is 1.88 bits per heavy atom. The van der Waals surface area contributed by atoms with Gasteiger partial charge in [-0.2, -0.15) is 0 Å². The number of likely N-dealkylation sites (N-methyl/N-ethyl adjacent to an activating group) is 1. The van der Waals surface area contributed by atoms with Crippen LogP contribution >= 0.6 is 12.4 Å². The third kappa shape index (κ3) is 4.72. The van der Waals surface area contributed by atoms with Crippen molar-refractivity contribution in [2.45, 2.75) is 32.0 Å². The first-order chi connectivity index (χ1) is 7.55. The molecule has 17 heavy (non-hydrogen) atoms. The summed E-state index contributed by atoms with van der Waals surface area (Å²) < 4.78 is 5.73. The summed E-state index contributed by atoms with van der Waals surface area (Å²) in [6, 6.07) is 0. The molecule has 0 amide bonds. The molecule has 0 aromatic rings. The average Bonchev–Trinajstić information content (AvgIpc) is 2.58. The standard InChI is InChI=1S/C12H25N3O.ClH/c1-12(2)10-16-11(13-12)4-5-15-8-6-14(3)7-9-15;/h11,13H,4-10H2,1-3H3;1H. The van der Waals surface area contributed by atoms with Gasteiger partial charge in [0, 0.05) is 38.3 Å². The molecule has 2 aliphatic heterocycles.